The number of amides is 2. The number of pyridine rings is 2. The van der Waals surface area contributed by atoms with E-state index in [1.807, 2.05) is 12.1 Å². The van der Waals surface area contributed by atoms with Crippen LogP contribution in [0, 0.1) is 0 Å². The fourth-order valence-electron chi connectivity index (χ4n) is 6.76. The fraction of sp³-hybridized carbons (Fsp3) is 0.515. The summed E-state index contributed by atoms with van der Waals surface area (Å²) in [4.78, 5) is 34.5. The number of rotatable bonds is 12. The van der Waals surface area contributed by atoms with Crippen LogP contribution in [0.4, 0.5) is 35.1 Å². The van der Waals surface area contributed by atoms with Crippen molar-refractivity contribution in [3.8, 4) is 0 Å². The third kappa shape index (κ3) is 8.72. The fourth-order valence-corrected chi connectivity index (χ4v) is 8.58. The first-order valence-electron chi connectivity index (χ1n) is 16.7. The van der Waals surface area contributed by atoms with E-state index in [0.29, 0.717) is 46.1 Å². The van der Waals surface area contributed by atoms with Crippen LogP contribution in [0.1, 0.15) is 91.5 Å². The number of anilines is 4. The van der Waals surface area contributed by atoms with Gasteiger partial charge in [0.1, 0.15) is 27.3 Å². The van der Waals surface area contributed by atoms with Gasteiger partial charge in [0.15, 0.2) is 0 Å². The van der Waals surface area contributed by atoms with Crippen molar-refractivity contribution >= 4 is 56.4 Å². The molecule has 17 heteroatoms. The molecule has 0 radical (unpaired) electrons. The molecule has 264 valence electrons. The van der Waals surface area contributed by atoms with Gasteiger partial charge in [-0.15, -0.1) is 20.4 Å². The zero-order chi connectivity index (χ0) is 34.9. The van der Waals surface area contributed by atoms with Gasteiger partial charge >= 0.3 is 0 Å². The number of halogens is 3. The molecule has 3 fully saturated rings. The lowest BCUT2D eigenvalue weighted by molar-refractivity contribution is -0.116. The van der Waals surface area contributed by atoms with E-state index in [9.17, 15) is 22.8 Å². The summed E-state index contributed by atoms with van der Waals surface area (Å²) < 4.78 is 40.2. The summed E-state index contributed by atoms with van der Waals surface area (Å²) in [6.07, 6.45) is 4.15. The monoisotopic (exact) mass is 726 g/mol. The SMILES string of the molecule is CC1(F)CC(Nc2cccc(CC(=O)Nc3nnc([C@H]4CCC[C@H](c5nnc(NC(=O)Cc6cccc(NC7CC(F)(F)C7)n6)s5)C4)s3)n2)C1. The number of nitrogens with zero attached hydrogens (tertiary/aromatic N) is 6. The standard InChI is InChI=1S/C33H37F3N10O2S2/c1-32(34)14-22(15-32)39-24-9-3-7-20(37-24)12-26(47)41-30-45-43-28(49-30)18-5-2-6-19(11-18)29-44-46-31(50-29)42-27(48)13-21-8-4-10-25(38-21)40-23-16-33(35,36)17-23/h3-4,7-10,18-19,22-23H,2,5-6,11-17H2,1H3,(H,37,39)(H,38,40)(H,41,45,47)(H,42,46,48)/t18-,19-,22?,32?/m0/s1. The third-order valence-corrected chi connectivity index (χ3v) is 11.2. The van der Waals surface area contributed by atoms with Crippen molar-refractivity contribution in [2.24, 2.45) is 0 Å². The lowest BCUT2D eigenvalue weighted by atomic mass is 9.79. The van der Waals surface area contributed by atoms with Crippen LogP contribution < -0.4 is 21.3 Å². The molecule has 0 saturated heterocycles. The van der Waals surface area contributed by atoms with Crippen LogP contribution in [-0.4, -0.2) is 65.9 Å². The molecule has 3 saturated carbocycles. The second-order valence-electron chi connectivity index (χ2n) is 13.7. The van der Waals surface area contributed by atoms with E-state index in [0.717, 1.165) is 35.7 Å². The number of hydrogen-bond donors (Lipinski definition) is 4. The van der Waals surface area contributed by atoms with E-state index in [2.05, 4.69) is 51.6 Å². The number of carbonyl (C=O) groups is 2. The molecule has 3 aliphatic carbocycles. The molecule has 4 aromatic rings. The largest absolute Gasteiger partial charge is 0.367 e. The summed E-state index contributed by atoms with van der Waals surface area (Å²) in [5.74, 6) is -1.77. The highest BCUT2D eigenvalue weighted by molar-refractivity contribution is 7.15. The molecule has 12 nitrogen and oxygen atoms in total. The lowest BCUT2D eigenvalue weighted by Crippen LogP contribution is -2.45. The van der Waals surface area contributed by atoms with Gasteiger partial charge in [0.05, 0.1) is 24.2 Å². The smallest absolute Gasteiger partial charge is 0.252 e. The minimum atomic E-state index is -2.63. The molecule has 4 heterocycles. The van der Waals surface area contributed by atoms with E-state index < -0.39 is 11.6 Å². The molecule has 7 rings (SSSR count). The predicted molar refractivity (Wildman–Crippen MR) is 185 cm³/mol. The second kappa shape index (κ2) is 14.2. The van der Waals surface area contributed by atoms with Crippen LogP contribution in [0.3, 0.4) is 0 Å². The van der Waals surface area contributed by atoms with Gasteiger partial charge in [0, 0.05) is 49.6 Å². The first-order valence-corrected chi connectivity index (χ1v) is 18.4. The van der Waals surface area contributed by atoms with Crippen LogP contribution in [-0.2, 0) is 22.4 Å². The predicted octanol–water partition coefficient (Wildman–Crippen LogP) is 6.50. The highest BCUT2D eigenvalue weighted by Crippen LogP contribution is 2.44. The van der Waals surface area contributed by atoms with Gasteiger partial charge in [-0.2, -0.15) is 0 Å². The summed E-state index contributed by atoms with van der Waals surface area (Å²) in [5, 5.41) is 31.6. The Balaban J connectivity index is 0.879. The van der Waals surface area contributed by atoms with Gasteiger partial charge in [-0.25, -0.2) is 23.1 Å². The topological polar surface area (TPSA) is 160 Å². The van der Waals surface area contributed by atoms with Crippen molar-refractivity contribution < 1.29 is 22.8 Å². The Kier molecular flexibility index (Phi) is 9.69. The van der Waals surface area contributed by atoms with E-state index in [4.69, 9.17) is 0 Å². The Morgan fingerprint density at radius 3 is 1.68 bits per heavy atom. The summed E-state index contributed by atoms with van der Waals surface area (Å²) in [7, 11) is 0. The van der Waals surface area contributed by atoms with E-state index in [-0.39, 0.29) is 61.4 Å². The molecule has 2 amide bonds. The van der Waals surface area contributed by atoms with Crippen LogP contribution in [0.15, 0.2) is 36.4 Å². The van der Waals surface area contributed by atoms with E-state index >= 15 is 0 Å². The van der Waals surface area contributed by atoms with Gasteiger partial charge in [-0.05, 0) is 50.5 Å². The van der Waals surface area contributed by atoms with Crippen molar-refractivity contribution in [2.45, 2.75) is 107 Å². The molecule has 4 N–H and O–H groups in total. The van der Waals surface area contributed by atoms with Crippen molar-refractivity contribution in [3.05, 3.63) is 57.8 Å². The molecular formula is C33H37F3N10O2S2. The third-order valence-electron chi connectivity index (χ3n) is 9.18. The number of hydrogen-bond acceptors (Lipinski definition) is 12. The first kappa shape index (κ1) is 34.2. The Morgan fingerprint density at radius 2 is 1.22 bits per heavy atom. The molecule has 2 atom stereocenters. The van der Waals surface area contributed by atoms with Crippen molar-refractivity contribution in [2.75, 3.05) is 21.3 Å². The summed E-state index contributed by atoms with van der Waals surface area (Å²) >= 11 is 2.71. The normalized spacial score (nSPS) is 24.4. The highest BCUT2D eigenvalue weighted by atomic mass is 32.1. The van der Waals surface area contributed by atoms with Crippen LogP contribution in [0.5, 0.6) is 0 Å². The number of nitrogens with one attached hydrogen (secondary N) is 4. The maximum atomic E-state index is 13.8. The van der Waals surface area contributed by atoms with E-state index in [1.165, 1.54) is 22.7 Å². The molecule has 50 heavy (non-hydrogen) atoms. The van der Waals surface area contributed by atoms with Crippen LogP contribution >= 0.6 is 22.7 Å². The van der Waals surface area contributed by atoms with Crippen molar-refractivity contribution in [1.82, 2.24) is 30.4 Å². The summed E-state index contributed by atoms with van der Waals surface area (Å²) in [6, 6.07) is 10.3. The maximum Gasteiger partial charge on any atom is 0.252 e. The van der Waals surface area contributed by atoms with Crippen LogP contribution in [0.25, 0.3) is 0 Å². The minimum Gasteiger partial charge on any atom is -0.367 e. The average molecular weight is 727 g/mol. The van der Waals surface area contributed by atoms with Gasteiger partial charge in [0.25, 0.3) is 5.92 Å². The van der Waals surface area contributed by atoms with Crippen molar-refractivity contribution in [3.63, 3.8) is 0 Å². The minimum absolute atomic E-state index is 0.00832. The Hall–Kier alpha value is -4.25. The molecule has 0 aromatic carbocycles. The molecule has 0 bridgehead atoms. The quantitative estimate of drug-likeness (QED) is 0.127. The Morgan fingerprint density at radius 1 is 0.740 bits per heavy atom. The molecule has 0 aliphatic heterocycles. The van der Waals surface area contributed by atoms with E-state index in [1.54, 1.807) is 31.2 Å². The zero-order valence-electron chi connectivity index (χ0n) is 27.3. The number of aromatic nitrogens is 6. The maximum absolute atomic E-state index is 13.8. The zero-order valence-corrected chi connectivity index (χ0v) is 28.9. The molecule has 0 unspecified atom stereocenters. The highest BCUT2D eigenvalue weighted by Gasteiger charge is 2.45. The van der Waals surface area contributed by atoms with Gasteiger partial charge < -0.3 is 21.3 Å². The second-order valence-corrected chi connectivity index (χ2v) is 15.7. The summed E-state index contributed by atoms with van der Waals surface area (Å²) in [6.45, 7) is 1.60. The molecule has 3 aliphatic rings. The average Bonchev–Trinajstić information content (AvgIpc) is 3.70. The number of alkyl halides is 3. The Bertz CT molecular complexity index is 1710. The molecular weight excluding hydrogens is 690 g/mol. The van der Waals surface area contributed by atoms with Crippen LogP contribution in [0.2, 0.25) is 0 Å². The van der Waals surface area contributed by atoms with Crippen molar-refractivity contribution in [1.29, 1.82) is 0 Å². The Labute approximate surface area is 294 Å². The molecule has 0 spiro atoms. The first-order chi connectivity index (χ1) is 23.9. The summed E-state index contributed by atoms with van der Waals surface area (Å²) in [5.41, 5.74) is -0.0184. The molecule has 4 aromatic heterocycles. The van der Waals surface area contributed by atoms with Gasteiger partial charge in [0.2, 0.25) is 22.1 Å². The lowest BCUT2D eigenvalue weighted by Gasteiger charge is -2.39. The van der Waals surface area contributed by atoms with Gasteiger partial charge in [-0.3, -0.25) is 9.59 Å². The number of carbonyl (C=O) groups excluding carboxylic acids is 2. The van der Waals surface area contributed by atoms with Gasteiger partial charge in [-0.1, -0.05) is 41.2 Å².